The first-order valence-electron chi connectivity index (χ1n) is 3.78. The molecule has 2 nitrogen and oxygen atoms in total. The zero-order valence-corrected chi connectivity index (χ0v) is 8.96. The number of aromatic nitrogens is 2. The van der Waals surface area contributed by atoms with Crippen LogP contribution in [0.25, 0.3) is 0 Å². The van der Waals surface area contributed by atoms with Crippen molar-refractivity contribution < 1.29 is 0 Å². The molecule has 1 heterocycles. The van der Waals surface area contributed by atoms with Gasteiger partial charge in [-0.2, -0.15) is 0 Å². The molecular weight excluding hydrogens is 192 g/mol. The van der Waals surface area contributed by atoms with Gasteiger partial charge < -0.3 is 0 Å². The molecule has 0 N–H and O–H groups in total. The van der Waals surface area contributed by atoms with Gasteiger partial charge in [0.25, 0.3) is 0 Å². The first kappa shape index (κ1) is 9.81. The largest absolute Gasteiger partial charge is 0.237 e. The molecule has 0 radical (unpaired) electrons. The summed E-state index contributed by atoms with van der Waals surface area (Å²) in [6.07, 6.45) is 0. The van der Waals surface area contributed by atoms with Gasteiger partial charge in [0.2, 0.25) is 0 Å². The summed E-state index contributed by atoms with van der Waals surface area (Å²) < 4.78 is 0. The number of aryl methyl sites for hydroxylation is 2. The van der Waals surface area contributed by atoms with E-state index in [-0.39, 0.29) is 0 Å². The first-order chi connectivity index (χ1) is 5.65. The summed E-state index contributed by atoms with van der Waals surface area (Å²) >= 11 is 7.62. The van der Waals surface area contributed by atoms with E-state index >= 15 is 0 Å². The lowest BCUT2D eigenvalue weighted by Crippen LogP contribution is -1.95. The van der Waals surface area contributed by atoms with Gasteiger partial charge in [0.15, 0.2) is 0 Å². The average Bonchev–Trinajstić information content (AvgIpc) is 1.96. The molecule has 66 valence electrons. The van der Waals surface area contributed by atoms with E-state index in [0.29, 0.717) is 5.15 Å². The van der Waals surface area contributed by atoms with Crippen LogP contribution in [0, 0.1) is 13.8 Å². The molecule has 0 bridgehead atoms. The molecule has 0 aliphatic rings. The normalized spacial score (nSPS) is 10.3. The third-order valence-corrected chi connectivity index (χ3v) is 2.85. The highest BCUT2D eigenvalue weighted by molar-refractivity contribution is 7.99. The van der Waals surface area contributed by atoms with Crippen LogP contribution in [0.2, 0.25) is 5.15 Å². The fourth-order valence-corrected chi connectivity index (χ4v) is 2.10. The second-order valence-electron chi connectivity index (χ2n) is 2.41. The van der Waals surface area contributed by atoms with Crippen LogP contribution in [0.4, 0.5) is 0 Å². The van der Waals surface area contributed by atoms with Gasteiger partial charge in [-0.1, -0.05) is 18.5 Å². The summed E-state index contributed by atoms with van der Waals surface area (Å²) in [7, 11) is 0. The van der Waals surface area contributed by atoms with Crippen molar-refractivity contribution in [2.24, 2.45) is 0 Å². The van der Waals surface area contributed by atoms with E-state index in [2.05, 4.69) is 16.9 Å². The maximum absolute atomic E-state index is 5.94. The van der Waals surface area contributed by atoms with Crippen molar-refractivity contribution >= 4 is 23.4 Å². The van der Waals surface area contributed by atoms with E-state index in [9.17, 15) is 0 Å². The van der Waals surface area contributed by atoms with Gasteiger partial charge in [-0.15, -0.1) is 11.8 Å². The quantitative estimate of drug-likeness (QED) is 0.545. The zero-order valence-electron chi connectivity index (χ0n) is 7.39. The molecule has 0 aliphatic heterocycles. The van der Waals surface area contributed by atoms with E-state index in [1.165, 1.54) is 0 Å². The summed E-state index contributed by atoms with van der Waals surface area (Å²) in [4.78, 5) is 9.33. The topological polar surface area (TPSA) is 25.8 Å². The second-order valence-corrected chi connectivity index (χ2v) is 4.04. The van der Waals surface area contributed by atoms with Crippen LogP contribution >= 0.6 is 23.4 Å². The third-order valence-electron chi connectivity index (χ3n) is 1.39. The Morgan fingerprint density at radius 3 is 2.50 bits per heavy atom. The van der Waals surface area contributed by atoms with Crippen LogP contribution in [0.1, 0.15) is 18.4 Å². The number of halogens is 1. The Morgan fingerprint density at radius 2 is 2.00 bits per heavy atom. The molecule has 0 saturated carbocycles. The van der Waals surface area contributed by atoms with Crippen LogP contribution < -0.4 is 0 Å². The fraction of sp³-hybridized carbons (Fsp3) is 0.500. The van der Waals surface area contributed by atoms with Gasteiger partial charge in [-0.3, -0.25) is 0 Å². The highest BCUT2D eigenvalue weighted by Gasteiger charge is 2.06. The average molecular weight is 203 g/mol. The Balaban J connectivity index is 3.10. The minimum absolute atomic E-state index is 0.576. The van der Waals surface area contributed by atoms with Crippen molar-refractivity contribution in [2.75, 3.05) is 5.75 Å². The summed E-state index contributed by atoms with van der Waals surface area (Å²) in [5.74, 6) is 1.73. The second kappa shape index (κ2) is 4.10. The molecule has 1 aromatic rings. The molecule has 12 heavy (non-hydrogen) atoms. The minimum atomic E-state index is 0.576. The number of rotatable bonds is 2. The first-order valence-corrected chi connectivity index (χ1v) is 5.15. The van der Waals surface area contributed by atoms with Gasteiger partial charge in [-0.05, 0) is 19.6 Å². The predicted octanol–water partition coefficient (Wildman–Crippen LogP) is 2.86. The number of hydrogen-bond donors (Lipinski definition) is 0. The molecule has 0 unspecified atom stereocenters. The van der Waals surface area contributed by atoms with Crippen molar-refractivity contribution in [1.29, 1.82) is 0 Å². The molecule has 0 atom stereocenters. The SMILES string of the molecule is CCSc1c(C)nc(C)nc1Cl. The van der Waals surface area contributed by atoms with Crippen molar-refractivity contribution in [3.8, 4) is 0 Å². The molecular formula is C8H11ClN2S. The monoisotopic (exact) mass is 202 g/mol. The molecule has 0 saturated heterocycles. The standard InChI is InChI=1S/C8H11ClN2S/c1-4-12-7-5(2)10-6(3)11-8(7)9/h4H2,1-3H3. The molecule has 1 aromatic heterocycles. The van der Waals surface area contributed by atoms with Crippen LogP contribution in [-0.2, 0) is 0 Å². The summed E-state index contributed by atoms with van der Waals surface area (Å²) in [5, 5.41) is 0.576. The molecule has 0 spiro atoms. The smallest absolute Gasteiger partial charge is 0.146 e. The molecule has 1 rings (SSSR count). The maximum Gasteiger partial charge on any atom is 0.146 e. The lowest BCUT2D eigenvalue weighted by molar-refractivity contribution is 0.959. The Morgan fingerprint density at radius 1 is 1.33 bits per heavy atom. The Labute approximate surface area is 81.8 Å². The van der Waals surface area contributed by atoms with Gasteiger partial charge >= 0.3 is 0 Å². The number of thioether (sulfide) groups is 1. The van der Waals surface area contributed by atoms with Gasteiger partial charge in [0, 0.05) is 0 Å². The van der Waals surface area contributed by atoms with Gasteiger partial charge in [0.1, 0.15) is 11.0 Å². The number of hydrogen-bond acceptors (Lipinski definition) is 3. The van der Waals surface area contributed by atoms with E-state index in [1.807, 2.05) is 13.8 Å². The molecule has 0 aromatic carbocycles. The van der Waals surface area contributed by atoms with Gasteiger partial charge in [-0.25, -0.2) is 9.97 Å². The highest BCUT2D eigenvalue weighted by atomic mass is 35.5. The Bertz CT molecular complexity index is 265. The minimum Gasteiger partial charge on any atom is -0.237 e. The van der Waals surface area contributed by atoms with Crippen molar-refractivity contribution in [1.82, 2.24) is 9.97 Å². The molecule has 4 heteroatoms. The van der Waals surface area contributed by atoms with Crippen molar-refractivity contribution in [2.45, 2.75) is 25.7 Å². The summed E-state index contributed by atoms with van der Waals surface area (Å²) in [6, 6.07) is 0. The Kier molecular flexibility index (Phi) is 3.35. The van der Waals surface area contributed by atoms with Crippen molar-refractivity contribution in [3.05, 3.63) is 16.7 Å². The van der Waals surface area contributed by atoms with Crippen LogP contribution in [0.3, 0.4) is 0 Å². The van der Waals surface area contributed by atoms with Crippen molar-refractivity contribution in [3.63, 3.8) is 0 Å². The summed E-state index contributed by atoms with van der Waals surface area (Å²) in [5.41, 5.74) is 0.972. The third kappa shape index (κ3) is 2.11. The Hall–Kier alpha value is -0.280. The fourth-order valence-electron chi connectivity index (χ4n) is 0.969. The maximum atomic E-state index is 5.94. The molecule has 0 amide bonds. The van der Waals surface area contributed by atoms with Gasteiger partial charge in [0.05, 0.1) is 10.6 Å². The van der Waals surface area contributed by atoms with Crippen LogP contribution in [0.15, 0.2) is 4.90 Å². The van der Waals surface area contributed by atoms with E-state index in [0.717, 1.165) is 22.2 Å². The zero-order chi connectivity index (χ0) is 9.14. The lowest BCUT2D eigenvalue weighted by atomic mass is 10.4. The molecule has 0 fully saturated rings. The summed E-state index contributed by atoms with van der Waals surface area (Å²) in [6.45, 7) is 5.89. The van der Waals surface area contributed by atoms with E-state index < -0.39 is 0 Å². The molecule has 0 aliphatic carbocycles. The predicted molar refractivity (Wildman–Crippen MR) is 52.9 cm³/mol. The van der Waals surface area contributed by atoms with E-state index in [1.54, 1.807) is 11.8 Å². The van der Waals surface area contributed by atoms with Crippen LogP contribution in [0.5, 0.6) is 0 Å². The highest BCUT2D eigenvalue weighted by Crippen LogP contribution is 2.27. The van der Waals surface area contributed by atoms with Crippen LogP contribution in [-0.4, -0.2) is 15.7 Å². The lowest BCUT2D eigenvalue weighted by Gasteiger charge is -2.05. The van der Waals surface area contributed by atoms with E-state index in [4.69, 9.17) is 11.6 Å². The number of nitrogens with zero attached hydrogens (tertiary/aromatic N) is 2.